The number of rotatable bonds is 3. The molecule has 284 valence electrons. The Bertz CT molecular complexity index is 2190. The number of aryl methyl sites for hydroxylation is 2. The molecule has 0 heterocycles. The van der Waals surface area contributed by atoms with E-state index in [0.717, 1.165) is 74.5 Å². The summed E-state index contributed by atoms with van der Waals surface area (Å²) < 4.78 is 8.92. The molecule has 0 fully saturated rings. The van der Waals surface area contributed by atoms with E-state index in [1.54, 1.807) is 0 Å². The molecule has 0 saturated heterocycles. The molecule has 0 saturated carbocycles. The van der Waals surface area contributed by atoms with Gasteiger partial charge in [0.15, 0.2) is 0 Å². The number of hydrogen-bond acceptors (Lipinski definition) is 21. The predicted octanol–water partition coefficient (Wildman–Crippen LogP) is 2.55. The fourth-order valence-electron chi connectivity index (χ4n) is 2.29. The van der Waals surface area contributed by atoms with Crippen LogP contribution in [0, 0.1) is 196 Å². The van der Waals surface area contributed by atoms with Crippen LogP contribution in [-0.4, -0.2) is 45.0 Å². The monoisotopic (exact) mass is 1100 g/mol. The Labute approximate surface area is 348 Å². The minimum atomic E-state index is -6.40. The Hall–Kier alpha value is -7.25. The van der Waals surface area contributed by atoms with E-state index >= 15 is 0 Å². The summed E-state index contributed by atoms with van der Waals surface area (Å²) in [5, 5.41) is 128. The second-order valence-corrected chi connectivity index (χ2v) is 29.6. The van der Waals surface area contributed by atoms with Gasteiger partial charge in [-0.3, -0.25) is 0 Å². The van der Waals surface area contributed by atoms with Gasteiger partial charge < -0.3 is 0 Å². The molecule has 0 aliphatic rings. The summed E-state index contributed by atoms with van der Waals surface area (Å²) in [5.41, 5.74) is 5.78. The van der Waals surface area contributed by atoms with Crippen molar-refractivity contribution in [3.8, 4) is 74.5 Å². The van der Waals surface area contributed by atoms with Gasteiger partial charge in [-0.2, -0.15) is 0 Å². The normalized spacial score (nSPS) is 12.5. The van der Waals surface area contributed by atoms with Gasteiger partial charge >= 0.3 is 352 Å². The van der Waals surface area contributed by atoms with Gasteiger partial charge in [-0.15, -0.1) is 0 Å². The number of nitroso groups, excluding NO2 is 3. The van der Waals surface area contributed by atoms with Crippen LogP contribution in [0.3, 0.4) is 0 Å². The quantitative estimate of drug-likeness (QED) is 0.315. The third-order valence-electron chi connectivity index (χ3n) is 6.68. The SMILES string of the molecule is Cc1ccc[c]([SnH])c1C.Cc1ccc[c]([SnH])c1C.N#[C][Fe]([C]#N)([C]#N)([C]#N)([C]#N)[N]=O.N#[C][Fe]([C]#N)([C]#N)([C]#N)([C]#N)[N]=O.N#[C][Fe]([C]#N)([C]#N)([C]#N)([C]#N)[N]=O. The molecule has 2 aromatic rings. The van der Waals surface area contributed by atoms with E-state index in [4.69, 9.17) is 78.9 Å². The predicted molar refractivity (Wildman–Crippen MR) is 187 cm³/mol. The first-order valence-corrected chi connectivity index (χ1v) is 26.2. The van der Waals surface area contributed by atoms with E-state index in [-0.39, 0.29) is 0 Å². The first-order chi connectivity index (χ1) is 26.4. The Morgan fingerprint density at radius 3 is 0.596 bits per heavy atom. The first-order valence-electron chi connectivity index (χ1n) is 13.1. The van der Waals surface area contributed by atoms with Gasteiger partial charge in [0.1, 0.15) is 0 Å². The van der Waals surface area contributed by atoms with Crippen molar-refractivity contribution in [2.45, 2.75) is 27.7 Å². The molecule has 0 aromatic heterocycles. The van der Waals surface area contributed by atoms with Crippen molar-refractivity contribution in [2.75, 3.05) is 0 Å². The standard InChI is InChI=1S/2C8H9.15CN.3Fe.3NO.2Sn.2H/c2*1-7-5-3-4-6-8(7)2;15*1-2;;;;3*1-2;;;;/h2*3-5H,1-2H3;;;;;;;;;;;;;;;;;;;;;;;;;/q;;;;;;;;;;;;;;;;;3*+1;3*-1;;;;. The van der Waals surface area contributed by atoms with Crippen LogP contribution in [0.15, 0.2) is 49.0 Å². The van der Waals surface area contributed by atoms with E-state index in [1.165, 1.54) is 74.5 Å². The van der Waals surface area contributed by atoms with Gasteiger partial charge in [-0.25, -0.2) is 0 Å². The molecule has 2 aromatic carbocycles. The van der Waals surface area contributed by atoms with Crippen LogP contribution in [0.1, 0.15) is 22.3 Å². The molecular weight excluding hydrogens is 1080 g/mol. The van der Waals surface area contributed by atoms with Crippen molar-refractivity contribution in [2.24, 2.45) is 12.6 Å². The van der Waals surface area contributed by atoms with Crippen LogP contribution < -0.4 is 7.16 Å². The molecule has 21 nitrogen and oxygen atoms in total. The Balaban J connectivity index is -0.000000644. The van der Waals surface area contributed by atoms with Crippen molar-refractivity contribution in [1.29, 1.82) is 78.9 Å². The fraction of sp³-hybridized carbons (Fsp3) is 0.129. The number of nitriles is 15. The third kappa shape index (κ3) is 8.68. The van der Waals surface area contributed by atoms with Crippen molar-refractivity contribution in [3.63, 3.8) is 0 Å². The zero-order chi connectivity index (χ0) is 45.7. The Morgan fingerprint density at radius 2 is 0.526 bits per heavy atom. The molecule has 0 N–H and O–H groups in total. The molecule has 2 rings (SSSR count). The number of hydrogen-bond donors (Lipinski definition) is 0. The first kappa shape index (κ1) is 54.1. The number of benzene rings is 2. The average Bonchev–Trinajstić information content (AvgIpc) is 3.29. The van der Waals surface area contributed by atoms with Crippen molar-refractivity contribution >= 4 is 52.2 Å². The summed E-state index contributed by atoms with van der Waals surface area (Å²) in [7, 11) is -19.2. The van der Waals surface area contributed by atoms with E-state index < -0.39 is 32.9 Å². The molecule has 0 spiro atoms. The third-order valence-corrected chi connectivity index (χ3v) is 20.8. The maximum atomic E-state index is 10.3. The summed E-state index contributed by atoms with van der Waals surface area (Å²) in [4.78, 5) is 44.7. The van der Waals surface area contributed by atoms with Crippen LogP contribution in [0.2, 0.25) is 0 Å². The van der Waals surface area contributed by atoms with Gasteiger partial charge in [0.05, 0.1) is 0 Å². The van der Waals surface area contributed by atoms with Gasteiger partial charge in [0, 0.05) is 0 Å². The molecule has 0 bridgehead atoms. The fourth-order valence-corrected chi connectivity index (χ4v) is 6.56. The van der Waals surface area contributed by atoms with Gasteiger partial charge in [0.25, 0.3) is 0 Å². The summed E-state index contributed by atoms with van der Waals surface area (Å²) >= 11 is 2.47. The number of nitrogens with zero attached hydrogens (tertiary/aromatic N) is 18. The van der Waals surface area contributed by atoms with Gasteiger partial charge in [0.2, 0.25) is 0 Å². The van der Waals surface area contributed by atoms with Crippen molar-refractivity contribution in [1.82, 2.24) is 0 Å². The van der Waals surface area contributed by atoms with E-state index in [9.17, 15) is 14.7 Å². The summed E-state index contributed by atoms with van der Waals surface area (Å²) in [6, 6.07) is 13.0. The van der Waals surface area contributed by atoms with Crippen molar-refractivity contribution < 1.29 is 32.9 Å². The Kier molecular flexibility index (Phi) is 16.6. The van der Waals surface area contributed by atoms with E-state index in [1.807, 2.05) is 12.6 Å². The molecule has 0 amide bonds. The summed E-state index contributed by atoms with van der Waals surface area (Å²) in [6.45, 7) is 8.70. The second kappa shape index (κ2) is 17.5. The van der Waals surface area contributed by atoms with Crippen LogP contribution in [0.25, 0.3) is 0 Å². The molecule has 26 heteroatoms. The minimum absolute atomic E-state index is 0.913. The van der Waals surface area contributed by atoms with Crippen molar-refractivity contribution in [3.05, 3.63) is 73.4 Å². The molecule has 0 aliphatic carbocycles. The van der Waals surface area contributed by atoms with Crippen LogP contribution >= 0.6 is 0 Å². The molecule has 0 unspecified atom stereocenters. The van der Waals surface area contributed by atoms with E-state index in [2.05, 4.69) is 64.1 Å². The molecule has 57 heavy (non-hydrogen) atoms. The maximum absolute atomic E-state index is 10.3. The molecule has 4 radical (unpaired) electrons. The molecule has 0 atom stereocenters. The van der Waals surface area contributed by atoms with Crippen LogP contribution in [0.5, 0.6) is 0 Å². The molecular formula is C31H20Fe3N18O3Sn2. The van der Waals surface area contributed by atoms with Crippen LogP contribution in [-0.2, 0) is 32.9 Å². The van der Waals surface area contributed by atoms with Gasteiger partial charge in [-0.1, -0.05) is 0 Å². The zero-order valence-corrected chi connectivity index (χ0v) is 39.4. The summed E-state index contributed by atoms with van der Waals surface area (Å²) in [6.07, 6.45) is 0. The average molecular weight is 1100 g/mol. The summed E-state index contributed by atoms with van der Waals surface area (Å²) in [5.74, 6) is 0. The van der Waals surface area contributed by atoms with E-state index in [0.29, 0.717) is 0 Å². The van der Waals surface area contributed by atoms with Gasteiger partial charge in [-0.05, 0) is 0 Å². The Morgan fingerprint density at radius 1 is 0.368 bits per heavy atom. The topological polar surface area (TPSA) is 445 Å². The zero-order valence-electron chi connectivity index (χ0n) is 29.5. The van der Waals surface area contributed by atoms with Crippen LogP contribution in [0.4, 0.5) is 0 Å². The second-order valence-electron chi connectivity index (χ2n) is 9.80. The molecule has 0 aliphatic heterocycles.